The predicted molar refractivity (Wildman–Crippen MR) is 114 cm³/mol. The molecule has 0 saturated heterocycles. The summed E-state index contributed by atoms with van der Waals surface area (Å²) < 4.78 is 16.1. The lowest BCUT2D eigenvalue weighted by Crippen LogP contribution is -2.30. The minimum Gasteiger partial charge on any atom is -0.378 e. The van der Waals surface area contributed by atoms with Crippen LogP contribution in [0.5, 0.6) is 0 Å². The molecule has 0 heterocycles. The van der Waals surface area contributed by atoms with Crippen molar-refractivity contribution in [2.24, 2.45) is 11.8 Å². The van der Waals surface area contributed by atoms with Crippen LogP contribution in [0.2, 0.25) is 0 Å². The molecule has 0 spiro atoms. The molecule has 0 aromatic heterocycles. The van der Waals surface area contributed by atoms with Crippen molar-refractivity contribution >= 4 is 20.2 Å². The van der Waals surface area contributed by atoms with Crippen LogP contribution >= 0.6 is 8.38 Å². The van der Waals surface area contributed by atoms with Crippen LogP contribution in [0.1, 0.15) is 59.3 Å². The molecule has 166 valence electrons. The van der Waals surface area contributed by atoms with E-state index < -0.39 is 8.38 Å². The molecular weight excluding hydrogens is 379 g/mol. The van der Waals surface area contributed by atoms with E-state index in [2.05, 4.69) is 10.6 Å². The molecule has 0 radical (unpaired) electrons. The summed E-state index contributed by atoms with van der Waals surface area (Å²) in [7, 11) is 4.02. The van der Waals surface area contributed by atoms with Crippen molar-refractivity contribution in [3.8, 4) is 0 Å². The highest BCUT2D eigenvalue weighted by Crippen LogP contribution is 2.34. The first-order valence-corrected chi connectivity index (χ1v) is 11.7. The van der Waals surface area contributed by atoms with Gasteiger partial charge < -0.3 is 24.4 Å². The van der Waals surface area contributed by atoms with Crippen LogP contribution in [-0.2, 0) is 23.4 Å². The van der Waals surface area contributed by atoms with E-state index in [0.29, 0.717) is 25.0 Å². The Balaban J connectivity index is 0.000000887. The second kappa shape index (κ2) is 17.1. The van der Waals surface area contributed by atoms with Crippen LogP contribution in [0.3, 0.4) is 0 Å². The summed E-state index contributed by atoms with van der Waals surface area (Å²) in [4.78, 5) is 22.2. The number of hydrogen-bond donors (Lipinski definition) is 2. The Morgan fingerprint density at radius 3 is 2.14 bits per heavy atom. The number of hydrogen-bond acceptors (Lipinski definition) is 5. The molecule has 1 aliphatic carbocycles. The average Bonchev–Trinajstić information content (AvgIpc) is 2.70. The lowest BCUT2D eigenvalue weighted by atomic mass is 9.90. The Morgan fingerprint density at radius 2 is 1.68 bits per heavy atom. The molecule has 1 saturated carbocycles. The number of carbonyl (C=O) groups excluding carboxylic acids is 2. The number of amides is 2. The van der Waals surface area contributed by atoms with E-state index in [-0.39, 0.29) is 23.8 Å². The molecule has 0 aromatic rings. The van der Waals surface area contributed by atoms with Crippen molar-refractivity contribution in [2.45, 2.75) is 65.4 Å². The molecule has 1 aliphatic rings. The Kier molecular flexibility index (Phi) is 16.7. The minimum atomic E-state index is -0.869. The zero-order chi connectivity index (χ0) is 21.4. The third-order valence-corrected chi connectivity index (χ3v) is 6.01. The summed E-state index contributed by atoms with van der Waals surface area (Å²) in [5.74, 6) is 0.939. The summed E-state index contributed by atoms with van der Waals surface area (Å²) in [6.07, 6.45) is 7.68. The minimum absolute atomic E-state index is 0.0155. The smallest absolute Gasteiger partial charge is 0.222 e. The molecular formula is C20H41N2O5P. The van der Waals surface area contributed by atoms with E-state index >= 15 is 0 Å². The quantitative estimate of drug-likeness (QED) is 0.500. The van der Waals surface area contributed by atoms with Gasteiger partial charge in [0.25, 0.3) is 0 Å². The molecule has 2 N–H and O–H groups in total. The Labute approximate surface area is 172 Å². The molecule has 0 bridgehead atoms. The zero-order valence-electron chi connectivity index (χ0n) is 18.6. The molecule has 1 atom stereocenters. The van der Waals surface area contributed by atoms with Gasteiger partial charge in [-0.3, -0.25) is 9.59 Å². The van der Waals surface area contributed by atoms with Gasteiger partial charge in [0.15, 0.2) is 8.38 Å². The van der Waals surface area contributed by atoms with Gasteiger partial charge in [0, 0.05) is 46.5 Å². The van der Waals surface area contributed by atoms with Gasteiger partial charge in [0.1, 0.15) is 0 Å². The fourth-order valence-electron chi connectivity index (χ4n) is 2.88. The fraction of sp³-hybridized carbons (Fsp3) is 0.900. The summed E-state index contributed by atoms with van der Waals surface area (Å²) in [6.45, 7) is 7.08. The largest absolute Gasteiger partial charge is 0.378 e. The molecule has 8 heteroatoms. The molecule has 28 heavy (non-hydrogen) atoms. The van der Waals surface area contributed by atoms with E-state index in [1.807, 2.05) is 20.8 Å². The van der Waals surface area contributed by atoms with E-state index in [1.54, 1.807) is 21.3 Å². The first kappa shape index (κ1) is 27.2. The molecule has 0 aliphatic heterocycles. The van der Waals surface area contributed by atoms with Crippen molar-refractivity contribution in [3.05, 3.63) is 0 Å². The molecule has 0 aromatic carbocycles. The highest BCUT2D eigenvalue weighted by atomic mass is 31.2. The van der Waals surface area contributed by atoms with E-state index in [4.69, 9.17) is 13.8 Å². The Bertz CT molecular complexity index is 413. The van der Waals surface area contributed by atoms with Gasteiger partial charge in [-0.25, -0.2) is 0 Å². The zero-order valence-corrected chi connectivity index (χ0v) is 19.5. The van der Waals surface area contributed by atoms with E-state index in [1.165, 1.54) is 32.1 Å². The first-order chi connectivity index (χ1) is 13.3. The number of rotatable bonds is 11. The maximum atomic E-state index is 11.8. The second-order valence-electron chi connectivity index (χ2n) is 7.39. The van der Waals surface area contributed by atoms with Gasteiger partial charge in [-0.1, -0.05) is 33.1 Å². The van der Waals surface area contributed by atoms with Crippen LogP contribution in [0.15, 0.2) is 0 Å². The monoisotopic (exact) mass is 420 g/mol. The van der Waals surface area contributed by atoms with Gasteiger partial charge in [0.2, 0.25) is 11.8 Å². The standard InChI is InChI=1S/C15H30NO4P.C5H11NO/c1-13(20-12-14-7-5-4-6-8-14)11-15(17)16-9-10-21(18-2)19-3;1-4(2)5(7)6-3/h13-14H,4-12H2,1-3H3,(H,16,17);4H,1-3H3,(H,6,7). The van der Waals surface area contributed by atoms with Gasteiger partial charge in [-0.2, -0.15) is 0 Å². The maximum absolute atomic E-state index is 11.8. The highest BCUT2D eigenvalue weighted by molar-refractivity contribution is 7.47. The third kappa shape index (κ3) is 14.3. The maximum Gasteiger partial charge on any atom is 0.222 e. The van der Waals surface area contributed by atoms with Crippen molar-refractivity contribution in [1.82, 2.24) is 10.6 Å². The molecule has 7 nitrogen and oxygen atoms in total. The Morgan fingerprint density at radius 1 is 1.07 bits per heavy atom. The lowest BCUT2D eigenvalue weighted by Gasteiger charge is -2.23. The van der Waals surface area contributed by atoms with Crippen LogP contribution in [0.4, 0.5) is 0 Å². The average molecular weight is 421 g/mol. The van der Waals surface area contributed by atoms with E-state index in [9.17, 15) is 9.59 Å². The lowest BCUT2D eigenvalue weighted by molar-refractivity contribution is -0.124. The summed E-state index contributed by atoms with van der Waals surface area (Å²) >= 11 is 0. The highest BCUT2D eigenvalue weighted by Gasteiger charge is 2.16. The molecule has 1 unspecified atom stereocenters. The van der Waals surface area contributed by atoms with Crippen molar-refractivity contribution in [2.75, 3.05) is 40.6 Å². The van der Waals surface area contributed by atoms with Crippen molar-refractivity contribution < 1.29 is 23.4 Å². The number of ether oxygens (including phenoxy) is 1. The van der Waals surface area contributed by atoms with Crippen LogP contribution in [0, 0.1) is 11.8 Å². The van der Waals surface area contributed by atoms with Gasteiger partial charge in [-0.05, 0) is 25.7 Å². The third-order valence-electron chi connectivity index (χ3n) is 4.61. The van der Waals surface area contributed by atoms with Crippen LogP contribution < -0.4 is 10.6 Å². The molecule has 1 rings (SSSR count). The second-order valence-corrected chi connectivity index (χ2v) is 9.24. The molecule has 1 fully saturated rings. The normalized spacial score (nSPS) is 15.7. The topological polar surface area (TPSA) is 85.9 Å². The summed E-state index contributed by atoms with van der Waals surface area (Å²) in [6, 6.07) is 0. The molecule has 2 amide bonds. The Hall–Kier alpha value is -0.750. The van der Waals surface area contributed by atoms with Crippen LogP contribution in [0.25, 0.3) is 0 Å². The van der Waals surface area contributed by atoms with Crippen molar-refractivity contribution in [1.29, 1.82) is 0 Å². The number of carbonyl (C=O) groups is 2. The van der Waals surface area contributed by atoms with Gasteiger partial charge in [0.05, 0.1) is 12.5 Å². The van der Waals surface area contributed by atoms with Crippen LogP contribution in [-0.4, -0.2) is 58.5 Å². The summed E-state index contributed by atoms with van der Waals surface area (Å²) in [5, 5.41) is 5.41. The van der Waals surface area contributed by atoms with Crippen molar-refractivity contribution in [3.63, 3.8) is 0 Å². The SMILES string of the molecule is CNC(=O)C(C)C.COP(CCNC(=O)CC(C)OCC1CCCCC1)OC. The fourth-order valence-corrected chi connectivity index (χ4v) is 3.69. The predicted octanol–water partition coefficient (Wildman–Crippen LogP) is 3.47. The van der Waals surface area contributed by atoms with Gasteiger partial charge in [-0.15, -0.1) is 0 Å². The van der Waals surface area contributed by atoms with Gasteiger partial charge >= 0.3 is 0 Å². The first-order valence-electron chi connectivity index (χ1n) is 10.3. The number of nitrogens with one attached hydrogen (secondary N) is 2. The van der Waals surface area contributed by atoms with E-state index in [0.717, 1.165) is 6.61 Å². The summed E-state index contributed by atoms with van der Waals surface area (Å²) in [5.41, 5.74) is 0.